The predicted molar refractivity (Wildman–Crippen MR) is 47.4 cm³/mol. The van der Waals surface area contributed by atoms with Crippen molar-refractivity contribution in [3.05, 3.63) is 29.1 Å². The Morgan fingerprint density at radius 2 is 2.36 bits per heavy atom. The monoisotopic (exact) mass is 193 g/mol. The summed E-state index contributed by atoms with van der Waals surface area (Å²) in [6.07, 6.45) is 2.32. The molecule has 0 amide bonds. The van der Waals surface area contributed by atoms with Gasteiger partial charge in [-0.3, -0.25) is 4.79 Å². The number of aldehydes is 1. The van der Waals surface area contributed by atoms with Crippen LogP contribution in [0.4, 0.5) is 4.39 Å². The van der Waals surface area contributed by atoms with Crippen LogP contribution in [0.5, 0.6) is 5.75 Å². The average molecular weight is 193 g/mol. The van der Waals surface area contributed by atoms with Gasteiger partial charge >= 0.3 is 0 Å². The molecule has 0 radical (unpaired) electrons. The molecule has 0 N–H and O–H groups in total. The third-order valence-electron chi connectivity index (χ3n) is 1.89. The van der Waals surface area contributed by atoms with Gasteiger partial charge in [0.2, 0.25) is 0 Å². The standard InChI is InChI=1S/C10H8FNO2/c1-2-7-8(5-13)10(14-6-12)4-3-9(7)11/h3-5H,2H2,1H3. The van der Waals surface area contributed by atoms with Crippen LogP contribution < -0.4 is 4.74 Å². The number of ether oxygens (including phenoxy) is 1. The Hall–Kier alpha value is -1.89. The number of hydrogen-bond acceptors (Lipinski definition) is 3. The molecule has 0 unspecified atom stereocenters. The van der Waals surface area contributed by atoms with Gasteiger partial charge in [0, 0.05) is 5.56 Å². The summed E-state index contributed by atoms with van der Waals surface area (Å²) in [6, 6.07) is 2.44. The molecule has 4 heteroatoms. The summed E-state index contributed by atoms with van der Waals surface area (Å²) in [5.41, 5.74) is 0.377. The number of hydrogen-bond donors (Lipinski definition) is 0. The minimum Gasteiger partial charge on any atom is -0.387 e. The van der Waals surface area contributed by atoms with Crippen LogP contribution in [0.1, 0.15) is 22.8 Å². The van der Waals surface area contributed by atoms with Crippen molar-refractivity contribution < 1.29 is 13.9 Å². The zero-order valence-electron chi connectivity index (χ0n) is 7.58. The number of benzene rings is 1. The molecular weight excluding hydrogens is 185 g/mol. The van der Waals surface area contributed by atoms with Crippen LogP contribution in [0.3, 0.4) is 0 Å². The first-order chi connectivity index (χ1) is 6.74. The first kappa shape index (κ1) is 10.2. The quantitative estimate of drug-likeness (QED) is 0.545. The molecule has 0 saturated carbocycles. The van der Waals surface area contributed by atoms with E-state index in [0.717, 1.165) is 0 Å². The van der Waals surface area contributed by atoms with E-state index in [-0.39, 0.29) is 16.9 Å². The lowest BCUT2D eigenvalue weighted by molar-refractivity contribution is 0.112. The fourth-order valence-electron chi connectivity index (χ4n) is 1.24. The summed E-state index contributed by atoms with van der Waals surface area (Å²) in [6.45, 7) is 1.72. The van der Waals surface area contributed by atoms with Gasteiger partial charge in [0.05, 0.1) is 5.56 Å². The van der Waals surface area contributed by atoms with Crippen molar-refractivity contribution in [1.29, 1.82) is 5.26 Å². The fourth-order valence-corrected chi connectivity index (χ4v) is 1.24. The molecule has 1 aromatic rings. The number of carbonyl (C=O) groups excluding carboxylic acids is 1. The predicted octanol–water partition coefficient (Wildman–Crippen LogP) is 2.06. The summed E-state index contributed by atoms with van der Waals surface area (Å²) in [5.74, 6) is -0.361. The summed E-state index contributed by atoms with van der Waals surface area (Å²) < 4.78 is 17.7. The number of carbonyl (C=O) groups is 1. The number of nitrogens with zero attached hydrogens (tertiary/aromatic N) is 1. The van der Waals surface area contributed by atoms with E-state index < -0.39 is 5.82 Å². The van der Waals surface area contributed by atoms with Crippen molar-refractivity contribution in [2.45, 2.75) is 13.3 Å². The van der Waals surface area contributed by atoms with Crippen molar-refractivity contribution >= 4 is 6.29 Å². The van der Waals surface area contributed by atoms with Crippen LogP contribution in [-0.2, 0) is 6.42 Å². The molecule has 0 saturated heterocycles. The third-order valence-corrected chi connectivity index (χ3v) is 1.89. The molecule has 0 aromatic heterocycles. The van der Waals surface area contributed by atoms with Crippen LogP contribution >= 0.6 is 0 Å². The molecule has 0 heterocycles. The Labute approximate surface area is 80.7 Å². The van der Waals surface area contributed by atoms with E-state index in [0.29, 0.717) is 12.7 Å². The van der Waals surface area contributed by atoms with E-state index in [2.05, 4.69) is 4.74 Å². The fraction of sp³-hybridized carbons (Fsp3) is 0.200. The van der Waals surface area contributed by atoms with Crippen LogP contribution in [0.15, 0.2) is 12.1 Å². The largest absolute Gasteiger partial charge is 0.387 e. The van der Waals surface area contributed by atoms with Gasteiger partial charge in [-0.05, 0) is 18.6 Å². The van der Waals surface area contributed by atoms with Crippen LogP contribution in [-0.4, -0.2) is 6.29 Å². The second-order valence-electron chi connectivity index (χ2n) is 2.60. The molecule has 0 spiro atoms. The second-order valence-corrected chi connectivity index (χ2v) is 2.60. The number of rotatable bonds is 3. The molecule has 72 valence electrons. The summed E-state index contributed by atoms with van der Waals surface area (Å²) in [4.78, 5) is 10.7. The summed E-state index contributed by atoms with van der Waals surface area (Å²) in [5, 5.41) is 8.29. The maximum Gasteiger partial charge on any atom is 0.292 e. The van der Waals surface area contributed by atoms with Gasteiger partial charge in [-0.1, -0.05) is 6.92 Å². The minimum atomic E-state index is -0.458. The van der Waals surface area contributed by atoms with Gasteiger partial charge in [0.15, 0.2) is 12.0 Å². The highest BCUT2D eigenvalue weighted by Crippen LogP contribution is 2.23. The highest BCUT2D eigenvalue weighted by Gasteiger charge is 2.12. The van der Waals surface area contributed by atoms with E-state index in [1.54, 1.807) is 6.92 Å². The molecule has 0 fully saturated rings. The van der Waals surface area contributed by atoms with E-state index in [9.17, 15) is 9.18 Å². The smallest absolute Gasteiger partial charge is 0.292 e. The summed E-state index contributed by atoms with van der Waals surface area (Å²) in [7, 11) is 0. The highest BCUT2D eigenvalue weighted by molar-refractivity contribution is 5.81. The molecule has 0 aliphatic rings. The SMILES string of the molecule is CCc1c(F)ccc(OC#N)c1C=O. The lowest BCUT2D eigenvalue weighted by atomic mass is 10.0. The lowest BCUT2D eigenvalue weighted by Crippen LogP contribution is -1.99. The Morgan fingerprint density at radius 3 is 2.86 bits per heavy atom. The van der Waals surface area contributed by atoms with E-state index in [1.165, 1.54) is 18.4 Å². The van der Waals surface area contributed by atoms with Gasteiger partial charge in [0.25, 0.3) is 6.26 Å². The van der Waals surface area contributed by atoms with E-state index in [4.69, 9.17) is 5.26 Å². The van der Waals surface area contributed by atoms with Gasteiger partial charge in [-0.15, -0.1) is 5.26 Å². The maximum absolute atomic E-state index is 13.2. The van der Waals surface area contributed by atoms with Crippen molar-refractivity contribution in [2.75, 3.05) is 0 Å². The average Bonchev–Trinajstić information content (AvgIpc) is 2.20. The van der Waals surface area contributed by atoms with Crippen LogP contribution in [0, 0.1) is 17.3 Å². The van der Waals surface area contributed by atoms with Gasteiger partial charge < -0.3 is 4.74 Å². The topological polar surface area (TPSA) is 50.1 Å². The summed E-state index contributed by atoms with van der Waals surface area (Å²) >= 11 is 0. The molecule has 0 atom stereocenters. The number of halogens is 1. The van der Waals surface area contributed by atoms with Crippen molar-refractivity contribution in [3.63, 3.8) is 0 Å². The normalized spacial score (nSPS) is 9.21. The van der Waals surface area contributed by atoms with Crippen molar-refractivity contribution in [1.82, 2.24) is 0 Å². The Kier molecular flexibility index (Phi) is 3.19. The van der Waals surface area contributed by atoms with Crippen molar-refractivity contribution in [3.8, 4) is 12.0 Å². The van der Waals surface area contributed by atoms with E-state index >= 15 is 0 Å². The van der Waals surface area contributed by atoms with Gasteiger partial charge in [-0.2, -0.15) is 0 Å². The van der Waals surface area contributed by atoms with Crippen molar-refractivity contribution in [2.24, 2.45) is 0 Å². The first-order valence-electron chi connectivity index (χ1n) is 4.07. The molecule has 14 heavy (non-hydrogen) atoms. The zero-order chi connectivity index (χ0) is 10.6. The van der Waals surface area contributed by atoms with Gasteiger partial charge in [0.1, 0.15) is 5.82 Å². The minimum absolute atomic E-state index is 0.0979. The van der Waals surface area contributed by atoms with E-state index in [1.807, 2.05) is 0 Å². The van der Waals surface area contributed by atoms with Gasteiger partial charge in [-0.25, -0.2) is 4.39 Å². The molecular formula is C10H8FNO2. The second kappa shape index (κ2) is 4.38. The Balaban J connectivity index is 3.34. The molecule has 0 aliphatic heterocycles. The zero-order valence-corrected chi connectivity index (χ0v) is 7.58. The highest BCUT2D eigenvalue weighted by atomic mass is 19.1. The molecule has 1 rings (SSSR count). The molecule has 0 bridgehead atoms. The Bertz CT molecular complexity index is 396. The van der Waals surface area contributed by atoms with Crippen LogP contribution in [0.25, 0.3) is 0 Å². The lowest BCUT2D eigenvalue weighted by Gasteiger charge is -2.06. The molecule has 0 aliphatic carbocycles. The Morgan fingerprint density at radius 1 is 1.64 bits per heavy atom. The van der Waals surface area contributed by atoms with Crippen LogP contribution in [0.2, 0.25) is 0 Å². The maximum atomic E-state index is 13.2. The first-order valence-corrected chi connectivity index (χ1v) is 4.07. The molecule has 3 nitrogen and oxygen atoms in total. The third kappa shape index (κ3) is 1.72. The molecule has 1 aromatic carbocycles. The number of nitriles is 1.